The third-order valence-corrected chi connectivity index (χ3v) is 13.2. The Kier molecular flexibility index (Phi) is 12.7. The number of ketones is 1. The molecule has 1 fully saturated rings. The number of Topliss-reactive ketones (excluding diaryl/α,β-unsaturated/α-hetero) is 1. The standard InChI is InChI=1S/C47H57N3O13/c1-21-11-10-12-22(2)46(58)49-37-41(56)33-32(36-44(37)62-31-20-27(19-29(52)35(31)48-36)50-16-13-28(51)14-17-50)34-43(26(6)40(33)55)63-47(7,45(34)57)61-18-15-30(59-8)23(3)38(53)24(4)39(54)25(5)42(21)60-9/h10-12,15,18-21,23-25,28,30,38-39,42,51-55H,13-14,16-17H2,1-9H3,(H,49,58)/b11-10+,18-15+,22-12-/t21-,23+,24-,25-,30-,38+,39-,42-,47-/m0/s1. The summed E-state index contributed by atoms with van der Waals surface area (Å²) in [5.74, 6) is -6.55. The number of benzene rings is 3. The van der Waals surface area contributed by atoms with Crippen LogP contribution < -0.4 is 20.4 Å². The second-order valence-electron chi connectivity index (χ2n) is 17.4. The fourth-order valence-electron chi connectivity index (χ4n) is 9.21. The number of aromatic hydroxyl groups is 2. The predicted octanol–water partition coefficient (Wildman–Crippen LogP) is 5.70. The maximum absolute atomic E-state index is 14.8. The van der Waals surface area contributed by atoms with Crippen LogP contribution in [0.4, 0.5) is 11.4 Å². The molecular weight excluding hydrogens is 815 g/mol. The molecule has 5 aliphatic heterocycles. The highest BCUT2D eigenvalue weighted by molar-refractivity contribution is 6.22. The third-order valence-electron chi connectivity index (χ3n) is 13.2. The highest BCUT2D eigenvalue weighted by Crippen LogP contribution is 2.51. The molecule has 6 aliphatic rings. The highest BCUT2D eigenvalue weighted by atomic mass is 16.7. The van der Waals surface area contributed by atoms with Crippen molar-refractivity contribution in [3.8, 4) is 28.7 Å². The van der Waals surface area contributed by atoms with E-state index in [0.717, 1.165) is 0 Å². The lowest BCUT2D eigenvalue weighted by atomic mass is 9.78. The van der Waals surface area contributed by atoms with Crippen LogP contribution in [0.2, 0.25) is 0 Å². The van der Waals surface area contributed by atoms with E-state index < -0.39 is 76.9 Å². The summed E-state index contributed by atoms with van der Waals surface area (Å²) in [6.07, 6.45) is 5.04. The van der Waals surface area contributed by atoms with E-state index in [0.29, 0.717) is 31.6 Å². The monoisotopic (exact) mass is 871 g/mol. The number of hydrogen-bond donors (Lipinski definition) is 6. The first-order valence-corrected chi connectivity index (χ1v) is 21.3. The first kappa shape index (κ1) is 45.5. The van der Waals surface area contributed by atoms with Crippen LogP contribution >= 0.6 is 0 Å². The van der Waals surface area contributed by atoms with Gasteiger partial charge in [-0.15, -0.1) is 0 Å². The van der Waals surface area contributed by atoms with Crippen molar-refractivity contribution in [2.75, 3.05) is 37.5 Å². The molecule has 16 heteroatoms. The molecule has 1 aliphatic carbocycles. The molecular formula is C47H57N3O13. The Labute approximate surface area is 364 Å². The minimum atomic E-state index is -2.05. The molecule has 0 spiro atoms. The van der Waals surface area contributed by atoms with Gasteiger partial charge in [0.25, 0.3) is 11.7 Å². The van der Waals surface area contributed by atoms with Gasteiger partial charge in [0.2, 0.25) is 5.43 Å². The summed E-state index contributed by atoms with van der Waals surface area (Å²) in [6.45, 7) is 12.6. The Bertz CT molecular complexity index is 2560. The molecule has 63 heavy (non-hydrogen) atoms. The first-order chi connectivity index (χ1) is 29.8. The fraction of sp³-hybridized carbons (Fsp3) is 0.489. The van der Waals surface area contributed by atoms with Crippen LogP contribution in [-0.4, -0.2) is 106 Å². The minimum absolute atomic E-state index is 0.0291. The van der Waals surface area contributed by atoms with Gasteiger partial charge in [0.15, 0.2) is 11.3 Å². The quantitative estimate of drug-likeness (QED) is 0.107. The number of hydrogen-bond acceptors (Lipinski definition) is 15. The third kappa shape index (κ3) is 8.03. The summed E-state index contributed by atoms with van der Waals surface area (Å²) in [7, 11) is 2.99. The van der Waals surface area contributed by atoms with Crippen molar-refractivity contribution >= 4 is 44.9 Å². The first-order valence-electron chi connectivity index (χ1n) is 21.3. The normalized spacial score (nSPS) is 30.9. The van der Waals surface area contributed by atoms with E-state index in [-0.39, 0.29) is 73.1 Å². The molecule has 8 rings (SSSR count). The molecule has 338 valence electrons. The molecule has 16 nitrogen and oxygen atoms in total. The number of anilines is 2. The molecule has 2 aromatic rings. The van der Waals surface area contributed by atoms with Gasteiger partial charge in [-0.1, -0.05) is 45.9 Å². The number of phenols is 2. The highest BCUT2D eigenvalue weighted by Gasteiger charge is 2.50. The zero-order chi connectivity index (χ0) is 45.8. The number of aliphatic hydroxyl groups is 3. The van der Waals surface area contributed by atoms with Gasteiger partial charge >= 0.3 is 5.79 Å². The Morgan fingerprint density at radius 3 is 2.25 bits per heavy atom. The average molecular weight is 872 g/mol. The lowest BCUT2D eigenvalue weighted by Crippen LogP contribution is -2.45. The van der Waals surface area contributed by atoms with Crippen LogP contribution in [0.15, 0.2) is 57.5 Å². The number of allylic oxidation sites excluding steroid dienone is 2. The number of fused-ring (bicyclic) bond motifs is 14. The summed E-state index contributed by atoms with van der Waals surface area (Å²) >= 11 is 0. The molecule has 5 heterocycles. The Morgan fingerprint density at radius 1 is 0.905 bits per heavy atom. The second-order valence-corrected chi connectivity index (χ2v) is 17.4. The van der Waals surface area contributed by atoms with Gasteiger partial charge in [-0.2, -0.15) is 0 Å². The lowest BCUT2D eigenvalue weighted by Gasteiger charge is -2.37. The Morgan fingerprint density at radius 2 is 1.59 bits per heavy atom. The van der Waals surface area contributed by atoms with E-state index in [1.165, 1.54) is 46.5 Å². The van der Waals surface area contributed by atoms with Crippen molar-refractivity contribution in [3.63, 3.8) is 0 Å². The molecule has 9 atom stereocenters. The average Bonchev–Trinajstić information content (AvgIpc) is 3.52. The van der Waals surface area contributed by atoms with Crippen molar-refractivity contribution in [2.24, 2.45) is 23.7 Å². The lowest BCUT2D eigenvalue weighted by molar-refractivity contribution is -0.112. The molecule has 1 saturated heterocycles. The number of nitrogens with one attached hydrogen (secondary N) is 1. The number of nitrogens with zero attached hydrogens (tertiary/aromatic N) is 2. The van der Waals surface area contributed by atoms with Crippen LogP contribution in [-0.2, 0) is 19.0 Å². The van der Waals surface area contributed by atoms with Gasteiger partial charge < -0.3 is 59.1 Å². The zero-order valence-corrected chi connectivity index (χ0v) is 37.0. The number of amides is 1. The van der Waals surface area contributed by atoms with E-state index in [1.807, 2.05) is 24.8 Å². The van der Waals surface area contributed by atoms with E-state index in [1.54, 1.807) is 39.0 Å². The predicted molar refractivity (Wildman–Crippen MR) is 235 cm³/mol. The van der Waals surface area contributed by atoms with Crippen LogP contribution in [0, 0.1) is 30.6 Å². The molecule has 0 radical (unpaired) electrons. The molecule has 5 bridgehead atoms. The largest absolute Gasteiger partial charge is 0.507 e. The van der Waals surface area contributed by atoms with Crippen molar-refractivity contribution in [1.82, 2.24) is 4.98 Å². The topological polar surface area (TPSA) is 231 Å². The second kappa shape index (κ2) is 17.6. The van der Waals surface area contributed by atoms with E-state index in [2.05, 4.69) is 5.32 Å². The number of piperidine rings is 1. The number of carbonyl (C=O) groups excluding carboxylic acids is 2. The summed E-state index contributed by atoms with van der Waals surface area (Å²) in [5.41, 5.74) is -0.716. The van der Waals surface area contributed by atoms with E-state index >= 15 is 0 Å². The zero-order valence-electron chi connectivity index (χ0n) is 37.0. The number of ether oxygens (including phenoxy) is 4. The SMILES string of the molecule is CO[C@@H]1[C@@H](C)[C@@H](O)[C@@H](C)[C@H](O)[C@H](C)[C@@H](OC)/C=C/O[C@@]2(C)Oc3c(C)c(O)c4c(=O)c(c5oc6cc(N7CCC(O)CC7)cc(O)c6nc-5c4c3C2=O)NC(=O)/C(C)=C\C=C\[C@@H]1C. The van der Waals surface area contributed by atoms with Gasteiger partial charge in [-0.05, 0) is 32.8 Å². The van der Waals surface area contributed by atoms with Crippen LogP contribution in [0.3, 0.4) is 0 Å². The van der Waals surface area contributed by atoms with Crippen LogP contribution in [0.5, 0.6) is 17.2 Å². The van der Waals surface area contributed by atoms with E-state index in [9.17, 15) is 39.9 Å². The summed E-state index contributed by atoms with van der Waals surface area (Å²) in [6, 6.07) is 3.15. The molecule has 0 saturated carbocycles. The molecule has 0 unspecified atom stereocenters. The Hall–Kier alpha value is -5.52. The van der Waals surface area contributed by atoms with Crippen molar-refractivity contribution < 1.29 is 58.5 Å². The van der Waals surface area contributed by atoms with Gasteiger partial charge in [0, 0.05) is 92.2 Å². The van der Waals surface area contributed by atoms with Gasteiger partial charge in [-0.3, -0.25) is 14.4 Å². The fourth-order valence-corrected chi connectivity index (χ4v) is 9.21. The van der Waals surface area contributed by atoms with Crippen LogP contribution in [0.1, 0.15) is 70.3 Å². The van der Waals surface area contributed by atoms with Gasteiger partial charge in [0.05, 0.1) is 47.7 Å². The maximum Gasteiger partial charge on any atom is 0.312 e. The number of aliphatic hydroxyl groups excluding tert-OH is 3. The summed E-state index contributed by atoms with van der Waals surface area (Å²) < 4.78 is 30.3. The smallest absolute Gasteiger partial charge is 0.312 e. The van der Waals surface area contributed by atoms with Crippen molar-refractivity contribution in [1.29, 1.82) is 0 Å². The van der Waals surface area contributed by atoms with E-state index in [4.69, 9.17) is 28.3 Å². The molecule has 0 aromatic heterocycles. The number of carbonyl (C=O) groups is 2. The number of rotatable bonds is 3. The number of aromatic nitrogens is 1. The van der Waals surface area contributed by atoms with Gasteiger partial charge in [0.1, 0.15) is 34.1 Å². The molecule has 1 amide bonds. The summed E-state index contributed by atoms with van der Waals surface area (Å²) in [5, 5.41) is 58.6. The minimum Gasteiger partial charge on any atom is -0.507 e. The number of phenolic OH excluding ortho intramolecular Hbond substituents is 2. The molecule has 6 N–H and O–H groups in total. The van der Waals surface area contributed by atoms with Gasteiger partial charge in [-0.25, -0.2) is 4.98 Å². The maximum atomic E-state index is 14.8. The van der Waals surface area contributed by atoms with Crippen molar-refractivity contribution in [2.45, 2.75) is 97.6 Å². The van der Waals surface area contributed by atoms with Crippen molar-refractivity contribution in [3.05, 3.63) is 69.6 Å². The van der Waals surface area contributed by atoms with Crippen LogP contribution in [0.25, 0.3) is 33.3 Å². The number of methoxy groups -OCH3 is 2. The molecule has 2 aromatic carbocycles. The summed E-state index contributed by atoms with van der Waals surface area (Å²) in [4.78, 5) is 50.2. The Balaban J connectivity index is 1.45.